The number of ether oxygens (including phenoxy) is 1. The van der Waals surface area contributed by atoms with Gasteiger partial charge < -0.3 is 10.5 Å². The van der Waals surface area contributed by atoms with Crippen molar-refractivity contribution in [2.45, 2.75) is 31.9 Å². The summed E-state index contributed by atoms with van der Waals surface area (Å²) in [6, 6.07) is 0.469. The van der Waals surface area contributed by atoms with Crippen molar-refractivity contribution in [2.75, 3.05) is 6.61 Å². The third kappa shape index (κ3) is 0.578. The van der Waals surface area contributed by atoms with Crippen molar-refractivity contribution in [2.24, 2.45) is 11.1 Å². The van der Waals surface area contributed by atoms with Gasteiger partial charge in [0.15, 0.2) is 0 Å². The van der Waals surface area contributed by atoms with E-state index in [1.165, 1.54) is 12.8 Å². The van der Waals surface area contributed by atoms with Gasteiger partial charge in [0.05, 0.1) is 12.7 Å². The van der Waals surface area contributed by atoms with Crippen LogP contribution in [0.25, 0.3) is 0 Å². The molecule has 2 aliphatic rings. The Labute approximate surface area is 55.4 Å². The molecule has 0 bridgehead atoms. The van der Waals surface area contributed by atoms with E-state index in [1.54, 1.807) is 0 Å². The van der Waals surface area contributed by atoms with Crippen LogP contribution in [0.3, 0.4) is 0 Å². The van der Waals surface area contributed by atoms with Crippen molar-refractivity contribution < 1.29 is 4.74 Å². The quantitative estimate of drug-likeness (QED) is 0.514. The molecule has 1 spiro atoms. The van der Waals surface area contributed by atoms with Gasteiger partial charge in [0.2, 0.25) is 0 Å². The first-order chi connectivity index (χ1) is 4.23. The molecule has 0 aromatic carbocycles. The van der Waals surface area contributed by atoms with Gasteiger partial charge in [-0.25, -0.2) is 0 Å². The average Bonchev–Trinajstić information content (AvgIpc) is 1.77. The van der Waals surface area contributed by atoms with Gasteiger partial charge in [-0.3, -0.25) is 0 Å². The summed E-state index contributed by atoms with van der Waals surface area (Å²) in [5.74, 6) is 0. The zero-order valence-electron chi connectivity index (χ0n) is 5.76. The van der Waals surface area contributed by atoms with E-state index in [2.05, 4.69) is 6.92 Å². The Bertz CT molecular complexity index is 129. The van der Waals surface area contributed by atoms with E-state index >= 15 is 0 Å². The van der Waals surface area contributed by atoms with Gasteiger partial charge in [0, 0.05) is 11.5 Å². The van der Waals surface area contributed by atoms with Crippen LogP contribution in [0.2, 0.25) is 0 Å². The number of hydrogen-bond donors (Lipinski definition) is 1. The van der Waals surface area contributed by atoms with Crippen LogP contribution in [0.5, 0.6) is 0 Å². The van der Waals surface area contributed by atoms with E-state index in [0.29, 0.717) is 17.6 Å². The van der Waals surface area contributed by atoms with Gasteiger partial charge in [-0.1, -0.05) is 0 Å². The smallest absolute Gasteiger partial charge is 0.0626 e. The Kier molecular flexibility index (Phi) is 0.945. The molecule has 9 heavy (non-hydrogen) atoms. The molecule has 1 heterocycles. The number of rotatable bonds is 0. The highest BCUT2D eigenvalue weighted by atomic mass is 16.5. The van der Waals surface area contributed by atoms with Crippen LogP contribution in [0, 0.1) is 5.41 Å². The van der Waals surface area contributed by atoms with Gasteiger partial charge in [-0.05, 0) is 19.8 Å². The molecule has 2 N–H and O–H groups in total. The largest absolute Gasteiger partial charge is 0.377 e. The minimum Gasteiger partial charge on any atom is -0.377 e. The molecule has 2 rings (SSSR count). The highest BCUT2D eigenvalue weighted by Crippen LogP contribution is 2.50. The lowest BCUT2D eigenvalue weighted by atomic mass is 9.60. The molecular weight excluding hydrogens is 114 g/mol. The second-order valence-electron chi connectivity index (χ2n) is 3.48. The summed E-state index contributed by atoms with van der Waals surface area (Å²) < 4.78 is 5.28. The van der Waals surface area contributed by atoms with Gasteiger partial charge in [0.1, 0.15) is 0 Å². The Morgan fingerprint density at radius 2 is 2.22 bits per heavy atom. The number of nitrogens with two attached hydrogens (primary N) is 1. The molecule has 1 saturated carbocycles. The minimum absolute atomic E-state index is 0.469. The minimum atomic E-state index is 0.469. The molecular formula is C7H13NO. The van der Waals surface area contributed by atoms with Crippen LogP contribution in [-0.2, 0) is 4.74 Å². The molecule has 52 valence electrons. The first-order valence-electron chi connectivity index (χ1n) is 3.60. The second kappa shape index (κ2) is 1.50. The van der Waals surface area contributed by atoms with Crippen molar-refractivity contribution in [3.8, 4) is 0 Å². The van der Waals surface area contributed by atoms with Gasteiger partial charge in [0.25, 0.3) is 0 Å². The molecule has 2 heteroatoms. The van der Waals surface area contributed by atoms with E-state index in [4.69, 9.17) is 10.5 Å². The SMILES string of the molecule is CC1OCC12CC(N)C2. The standard InChI is InChI=1S/C7H13NO/c1-5-7(4-9-5)2-6(8)3-7/h5-6H,2-4,8H2,1H3. The van der Waals surface area contributed by atoms with Crippen molar-refractivity contribution >= 4 is 0 Å². The van der Waals surface area contributed by atoms with Crippen molar-refractivity contribution in [1.82, 2.24) is 0 Å². The molecule has 0 aromatic rings. The summed E-state index contributed by atoms with van der Waals surface area (Å²) in [7, 11) is 0. The molecule has 2 fully saturated rings. The molecule has 0 aromatic heterocycles. The third-order valence-corrected chi connectivity index (χ3v) is 2.82. The highest BCUT2D eigenvalue weighted by Gasteiger charge is 2.53. The Morgan fingerprint density at radius 1 is 1.56 bits per heavy atom. The van der Waals surface area contributed by atoms with Gasteiger partial charge in [-0.2, -0.15) is 0 Å². The number of hydrogen-bond acceptors (Lipinski definition) is 2. The lowest BCUT2D eigenvalue weighted by Crippen LogP contribution is -2.61. The maximum absolute atomic E-state index is 5.67. The fourth-order valence-electron chi connectivity index (χ4n) is 1.92. The van der Waals surface area contributed by atoms with Gasteiger partial charge in [-0.15, -0.1) is 0 Å². The van der Waals surface area contributed by atoms with Crippen LogP contribution < -0.4 is 5.73 Å². The first kappa shape index (κ1) is 5.69. The fraction of sp³-hybridized carbons (Fsp3) is 1.00. The highest BCUT2D eigenvalue weighted by molar-refractivity contribution is 5.04. The van der Waals surface area contributed by atoms with Crippen LogP contribution in [0.1, 0.15) is 19.8 Å². The molecule has 0 amide bonds. The van der Waals surface area contributed by atoms with Crippen molar-refractivity contribution in [3.05, 3.63) is 0 Å². The molecule has 1 aliphatic carbocycles. The zero-order chi connectivity index (χ0) is 6.48. The molecule has 0 radical (unpaired) electrons. The second-order valence-corrected chi connectivity index (χ2v) is 3.48. The van der Waals surface area contributed by atoms with E-state index in [-0.39, 0.29) is 0 Å². The molecule has 1 saturated heterocycles. The molecule has 1 aliphatic heterocycles. The Hall–Kier alpha value is -0.0800. The topological polar surface area (TPSA) is 35.2 Å². The maximum Gasteiger partial charge on any atom is 0.0626 e. The predicted molar refractivity (Wildman–Crippen MR) is 35.1 cm³/mol. The summed E-state index contributed by atoms with van der Waals surface area (Å²) in [5, 5.41) is 0. The maximum atomic E-state index is 5.67. The molecule has 1 atom stereocenters. The van der Waals surface area contributed by atoms with E-state index in [9.17, 15) is 0 Å². The summed E-state index contributed by atoms with van der Waals surface area (Å²) >= 11 is 0. The monoisotopic (exact) mass is 127 g/mol. The van der Waals surface area contributed by atoms with Crippen LogP contribution in [0.15, 0.2) is 0 Å². The zero-order valence-corrected chi connectivity index (χ0v) is 5.76. The van der Waals surface area contributed by atoms with Crippen molar-refractivity contribution in [3.63, 3.8) is 0 Å². The van der Waals surface area contributed by atoms with Crippen LogP contribution in [0.4, 0.5) is 0 Å². The summed E-state index contributed by atoms with van der Waals surface area (Å²) in [6.07, 6.45) is 2.86. The summed E-state index contributed by atoms with van der Waals surface area (Å²) in [6.45, 7) is 3.11. The van der Waals surface area contributed by atoms with Crippen LogP contribution >= 0.6 is 0 Å². The fourth-order valence-corrected chi connectivity index (χ4v) is 1.92. The molecule has 1 unspecified atom stereocenters. The Morgan fingerprint density at radius 3 is 2.33 bits per heavy atom. The van der Waals surface area contributed by atoms with Crippen molar-refractivity contribution in [1.29, 1.82) is 0 Å². The summed E-state index contributed by atoms with van der Waals surface area (Å²) in [5.41, 5.74) is 6.20. The van der Waals surface area contributed by atoms with Gasteiger partial charge >= 0.3 is 0 Å². The normalized spacial score (nSPS) is 56.7. The van der Waals surface area contributed by atoms with E-state index < -0.39 is 0 Å². The Balaban J connectivity index is 1.97. The van der Waals surface area contributed by atoms with E-state index in [0.717, 1.165) is 6.61 Å². The third-order valence-electron chi connectivity index (χ3n) is 2.82. The van der Waals surface area contributed by atoms with E-state index in [1.807, 2.05) is 0 Å². The van der Waals surface area contributed by atoms with Crippen LogP contribution in [-0.4, -0.2) is 18.8 Å². The lowest BCUT2D eigenvalue weighted by molar-refractivity contribution is -0.219. The predicted octanol–water partition coefficient (Wildman–Crippen LogP) is 0.513. The molecule has 2 nitrogen and oxygen atoms in total. The summed E-state index contributed by atoms with van der Waals surface area (Å²) in [4.78, 5) is 0. The lowest BCUT2D eigenvalue weighted by Gasteiger charge is -2.56. The average molecular weight is 127 g/mol. The first-order valence-corrected chi connectivity index (χ1v) is 3.60.